The second-order valence-electron chi connectivity index (χ2n) is 5.18. The van der Waals surface area contributed by atoms with Gasteiger partial charge in [-0.15, -0.1) is 11.3 Å². The molecule has 3 rings (SSSR count). The van der Waals surface area contributed by atoms with Gasteiger partial charge in [-0.3, -0.25) is 9.36 Å². The van der Waals surface area contributed by atoms with Gasteiger partial charge in [0, 0.05) is 11.8 Å². The predicted octanol–water partition coefficient (Wildman–Crippen LogP) is 3.31. The molecule has 0 aliphatic rings. The lowest BCUT2D eigenvalue weighted by atomic mass is 10.2. The highest BCUT2D eigenvalue weighted by Crippen LogP contribution is 2.24. The van der Waals surface area contributed by atoms with Gasteiger partial charge < -0.3 is 5.73 Å². The van der Waals surface area contributed by atoms with Crippen LogP contribution in [0.25, 0.3) is 16.9 Å². The molecule has 5 nitrogen and oxygen atoms in total. The number of primary amides is 1. The lowest BCUT2D eigenvalue weighted by Gasteiger charge is -2.05. The molecule has 2 heterocycles. The van der Waals surface area contributed by atoms with Gasteiger partial charge in [0.05, 0.1) is 11.0 Å². The van der Waals surface area contributed by atoms with E-state index in [-0.39, 0.29) is 0 Å². The predicted molar refractivity (Wildman–Crippen MR) is 88.5 cm³/mol. The SMILES string of the molecule is CCCCCc1nc2ccccc2n1-c1csc(C(N)=O)n1. The first-order valence-corrected chi connectivity index (χ1v) is 8.30. The van der Waals surface area contributed by atoms with Crippen molar-refractivity contribution in [3.8, 4) is 5.82 Å². The molecule has 0 radical (unpaired) electrons. The molecule has 0 bridgehead atoms. The first-order chi connectivity index (χ1) is 10.7. The number of hydrogen-bond donors (Lipinski definition) is 1. The number of imidazole rings is 1. The fourth-order valence-electron chi connectivity index (χ4n) is 2.51. The molecule has 2 N–H and O–H groups in total. The number of thiazole rings is 1. The molecule has 6 heteroatoms. The fourth-order valence-corrected chi connectivity index (χ4v) is 3.15. The highest BCUT2D eigenvalue weighted by molar-refractivity contribution is 7.11. The molecule has 1 aromatic carbocycles. The minimum Gasteiger partial charge on any atom is -0.364 e. The zero-order valence-corrected chi connectivity index (χ0v) is 13.3. The molecule has 3 aromatic rings. The van der Waals surface area contributed by atoms with Crippen LogP contribution in [0.4, 0.5) is 0 Å². The van der Waals surface area contributed by atoms with E-state index in [9.17, 15) is 4.79 Å². The van der Waals surface area contributed by atoms with Crippen LogP contribution in [0.5, 0.6) is 0 Å². The minimum absolute atomic E-state index is 0.326. The smallest absolute Gasteiger partial charge is 0.277 e. The molecule has 0 saturated carbocycles. The van der Waals surface area contributed by atoms with Crippen molar-refractivity contribution in [2.24, 2.45) is 5.73 Å². The number of nitrogens with zero attached hydrogens (tertiary/aromatic N) is 3. The number of unbranched alkanes of at least 4 members (excludes halogenated alkanes) is 2. The second kappa shape index (κ2) is 6.27. The Morgan fingerprint density at radius 1 is 1.27 bits per heavy atom. The minimum atomic E-state index is -0.492. The van der Waals surface area contributed by atoms with Gasteiger partial charge in [-0.1, -0.05) is 31.9 Å². The number of para-hydroxylation sites is 2. The average Bonchev–Trinajstić information content (AvgIpc) is 3.11. The molecule has 114 valence electrons. The van der Waals surface area contributed by atoms with E-state index >= 15 is 0 Å². The summed E-state index contributed by atoms with van der Waals surface area (Å²) in [6.45, 7) is 2.18. The van der Waals surface area contributed by atoms with E-state index in [0.29, 0.717) is 5.01 Å². The number of benzene rings is 1. The van der Waals surface area contributed by atoms with Gasteiger partial charge in [0.2, 0.25) is 0 Å². The molecule has 0 aliphatic carbocycles. The fraction of sp³-hybridized carbons (Fsp3) is 0.312. The number of amides is 1. The maximum absolute atomic E-state index is 11.3. The van der Waals surface area contributed by atoms with Gasteiger partial charge >= 0.3 is 0 Å². The molecule has 0 spiro atoms. The van der Waals surface area contributed by atoms with Gasteiger partial charge in [0.25, 0.3) is 5.91 Å². The van der Waals surface area contributed by atoms with Crippen molar-refractivity contribution in [2.45, 2.75) is 32.6 Å². The van der Waals surface area contributed by atoms with E-state index in [0.717, 1.165) is 35.5 Å². The van der Waals surface area contributed by atoms with Crippen LogP contribution in [0, 0.1) is 0 Å². The Labute approximate surface area is 132 Å². The number of aryl methyl sites for hydroxylation is 1. The topological polar surface area (TPSA) is 73.8 Å². The molecule has 0 saturated heterocycles. The van der Waals surface area contributed by atoms with Crippen molar-refractivity contribution in [1.82, 2.24) is 14.5 Å². The zero-order valence-electron chi connectivity index (χ0n) is 12.5. The van der Waals surface area contributed by atoms with Crippen LogP contribution in [0.1, 0.15) is 41.8 Å². The van der Waals surface area contributed by atoms with Crippen LogP contribution in [0.15, 0.2) is 29.6 Å². The number of carbonyl (C=O) groups is 1. The summed E-state index contributed by atoms with van der Waals surface area (Å²) < 4.78 is 2.04. The lowest BCUT2D eigenvalue weighted by Crippen LogP contribution is -2.11. The number of hydrogen-bond acceptors (Lipinski definition) is 4. The monoisotopic (exact) mass is 314 g/mol. The maximum atomic E-state index is 11.3. The van der Waals surface area contributed by atoms with Crippen molar-refractivity contribution < 1.29 is 4.79 Å². The number of nitrogens with two attached hydrogens (primary N) is 1. The summed E-state index contributed by atoms with van der Waals surface area (Å²) in [6.07, 6.45) is 4.33. The molecule has 0 fully saturated rings. The Kier molecular flexibility index (Phi) is 4.20. The average molecular weight is 314 g/mol. The molecule has 22 heavy (non-hydrogen) atoms. The van der Waals surface area contributed by atoms with Crippen molar-refractivity contribution in [3.63, 3.8) is 0 Å². The van der Waals surface area contributed by atoms with E-state index in [4.69, 9.17) is 10.7 Å². The molecule has 0 atom stereocenters. The molecule has 0 aliphatic heterocycles. The van der Waals surface area contributed by atoms with E-state index in [2.05, 4.69) is 11.9 Å². The van der Waals surface area contributed by atoms with Gasteiger partial charge in [0.1, 0.15) is 5.82 Å². The normalized spacial score (nSPS) is 11.1. The van der Waals surface area contributed by atoms with Crippen molar-refractivity contribution in [2.75, 3.05) is 0 Å². The van der Waals surface area contributed by atoms with Crippen molar-refractivity contribution in [1.29, 1.82) is 0 Å². The molecular weight excluding hydrogens is 296 g/mol. The summed E-state index contributed by atoms with van der Waals surface area (Å²) in [6, 6.07) is 7.98. The summed E-state index contributed by atoms with van der Waals surface area (Å²) in [5, 5.41) is 2.18. The number of fused-ring (bicyclic) bond motifs is 1. The zero-order chi connectivity index (χ0) is 15.5. The lowest BCUT2D eigenvalue weighted by molar-refractivity contribution is 0.1000. The third kappa shape index (κ3) is 2.74. The Morgan fingerprint density at radius 3 is 2.82 bits per heavy atom. The second-order valence-corrected chi connectivity index (χ2v) is 6.04. The Bertz CT molecular complexity index is 805. The van der Waals surface area contributed by atoms with E-state index in [1.165, 1.54) is 24.2 Å². The van der Waals surface area contributed by atoms with Gasteiger partial charge in [-0.25, -0.2) is 9.97 Å². The van der Waals surface area contributed by atoms with Gasteiger partial charge in [-0.2, -0.15) is 0 Å². The Balaban J connectivity index is 2.07. The van der Waals surface area contributed by atoms with Crippen LogP contribution < -0.4 is 5.73 Å². The Morgan fingerprint density at radius 2 is 2.09 bits per heavy atom. The van der Waals surface area contributed by atoms with Gasteiger partial charge in [-0.05, 0) is 18.6 Å². The van der Waals surface area contributed by atoms with Crippen LogP contribution in [0.2, 0.25) is 0 Å². The third-order valence-corrected chi connectivity index (χ3v) is 4.41. The highest BCUT2D eigenvalue weighted by Gasteiger charge is 2.15. The molecule has 2 aromatic heterocycles. The summed E-state index contributed by atoms with van der Waals surface area (Å²) in [7, 11) is 0. The quantitative estimate of drug-likeness (QED) is 0.709. The largest absolute Gasteiger partial charge is 0.364 e. The highest BCUT2D eigenvalue weighted by atomic mass is 32.1. The number of carbonyl (C=O) groups excluding carboxylic acids is 1. The van der Waals surface area contributed by atoms with E-state index in [1.54, 1.807) is 0 Å². The summed E-state index contributed by atoms with van der Waals surface area (Å²) >= 11 is 1.27. The van der Waals surface area contributed by atoms with Crippen molar-refractivity contribution in [3.05, 3.63) is 40.5 Å². The molecule has 0 unspecified atom stereocenters. The third-order valence-electron chi connectivity index (χ3n) is 3.57. The van der Waals surface area contributed by atoms with Gasteiger partial charge in [0.15, 0.2) is 10.8 Å². The maximum Gasteiger partial charge on any atom is 0.277 e. The summed E-state index contributed by atoms with van der Waals surface area (Å²) in [5.41, 5.74) is 7.27. The number of rotatable bonds is 6. The molecule has 1 amide bonds. The van der Waals surface area contributed by atoms with Crippen LogP contribution >= 0.6 is 11.3 Å². The van der Waals surface area contributed by atoms with Crippen LogP contribution in [0.3, 0.4) is 0 Å². The van der Waals surface area contributed by atoms with Crippen LogP contribution in [-0.4, -0.2) is 20.4 Å². The molecular formula is C16H18N4OS. The van der Waals surface area contributed by atoms with E-state index in [1.807, 2.05) is 34.2 Å². The van der Waals surface area contributed by atoms with Crippen LogP contribution in [-0.2, 0) is 6.42 Å². The summed E-state index contributed by atoms with van der Waals surface area (Å²) in [5.74, 6) is 1.21. The Hall–Kier alpha value is -2.21. The van der Waals surface area contributed by atoms with E-state index < -0.39 is 5.91 Å². The first-order valence-electron chi connectivity index (χ1n) is 7.42. The van der Waals surface area contributed by atoms with Crippen molar-refractivity contribution >= 4 is 28.3 Å². The number of aromatic nitrogens is 3. The summed E-state index contributed by atoms with van der Waals surface area (Å²) in [4.78, 5) is 20.4. The first kappa shape index (κ1) is 14.7. The standard InChI is InChI=1S/C16H18N4OS/c1-2-3-4-9-13-18-11-7-5-6-8-12(11)20(13)14-10-22-16(19-14)15(17)21/h5-8,10H,2-4,9H2,1H3,(H2,17,21).